The van der Waals surface area contributed by atoms with Gasteiger partial charge in [-0.25, -0.2) is 0 Å². The van der Waals surface area contributed by atoms with Crippen LogP contribution >= 0.6 is 0 Å². The number of ether oxygens (including phenoxy) is 2. The first-order chi connectivity index (χ1) is 6.20. The van der Waals surface area contributed by atoms with Gasteiger partial charge in [0.25, 0.3) is 0 Å². The lowest BCUT2D eigenvalue weighted by atomic mass is 10.3. The predicted molar refractivity (Wildman–Crippen MR) is 49.0 cm³/mol. The zero-order valence-electron chi connectivity index (χ0n) is 8.34. The van der Waals surface area contributed by atoms with Crippen LogP contribution in [0.4, 0.5) is 0 Å². The third-order valence-electron chi connectivity index (χ3n) is 1.51. The molecule has 0 saturated carbocycles. The molecule has 0 bridgehead atoms. The summed E-state index contributed by atoms with van der Waals surface area (Å²) in [6.45, 7) is 5.00. The summed E-state index contributed by atoms with van der Waals surface area (Å²) < 4.78 is 10.4. The highest BCUT2D eigenvalue weighted by Crippen LogP contribution is 2.02. The van der Waals surface area contributed by atoms with Crippen LogP contribution in [0.25, 0.3) is 0 Å². The molecule has 77 valence electrons. The van der Waals surface area contributed by atoms with Gasteiger partial charge in [0.1, 0.15) is 0 Å². The number of hydrogen-bond donors (Lipinski definition) is 0. The number of carbonyl (C=O) groups excluding carboxylic acids is 1. The van der Waals surface area contributed by atoms with Gasteiger partial charge in [0, 0.05) is 13.2 Å². The van der Waals surface area contributed by atoms with Crippen molar-refractivity contribution < 1.29 is 14.3 Å². The summed E-state index contributed by atoms with van der Waals surface area (Å²) in [5.74, 6) is -0.644. The highest BCUT2D eigenvalue weighted by atomic mass is 16.7. The van der Waals surface area contributed by atoms with E-state index < -0.39 is 12.2 Å². The SMILES string of the molecule is CCCCOC(CC([NH])=O)OCC. The number of hydrogen-bond acceptors (Lipinski definition) is 3. The fourth-order valence-corrected chi connectivity index (χ4v) is 0.862. The van der Waals surface area contributed by atoms with Crippen LogP contribution in [0.3, 0.4) is 0 Å². The van der Waals surface area contributed by atoms with Crippen molar-refractivity contribution in [1.29, 1.82) is 0 Å². The summed E-state index contributed by atoms with van der Waals surface area (Å²) in [4.78, 5) is 10.5. The van der Waals surface area contributed by atoms with E-state index >= 15 is 0 Å². The maximum atomic E-state index is 10.5. The lowest BCUT2D eigenvalue weighted by Crippen LogP contribution is -2.22. The Bertz CT molecular complexity index is 139. The fraction of sp³-hybridized carbons (Fsp3) is 0.889. The number of unbranched alkanes of at least 4 members (excludes halogenated alkanes) is 1. The second kappa shape index (κ2) is 8.01. The van der Waals surface area contributed by atoms with E-state index in [1.165, 1.54) is 0 Å². The van der Waals surface area contributed by atoms with E-state index in [2.05, 4.69) is 6.92 Å². The van der Waals surface area contributed by atoms with Crippen LogP contribution in [-0.4, -0.2) is 25.4 Å². The molecule has 1 amide bonds. The Balaban J connectivity index is 3.59. The molecular weight excluding hydrogens is 170 g/mol. The number of carbonyl (C=O) groups is 1. The molecule has 1 atom stereocenters. The number of amides is 1. The van der Waals surface area contributed by atoms with Crippen molar-refractivity contribution in [3.8, 4) is 0 Å². The van der Waals surface area contributed by atoms with E-state index in [0.717, 1.165) is 12.8 Å². The minimum Gasteiger partial charge on any atom is -0.352 e. The van der Waals surface area contributed by atoms with Crippen molar-refractivity contribution in [2.75, 3.05) is 13.2 Å². The van der Waals surface area contributed by atoms with Crippen LogP contribution in [-0.2, 0) is 14.3 Å². The van der Waals surface area contributed by atoms with Crippen LogP contribution in [0.15, 0.2) is 0 Å². The molecule has 1 radical (unpaired) electrons. The second-order valence-corrected chi connectivity index (χ2v) is 2.74. The second-order valence-electron chi connectivity index (χ2n) is 2.74. The summed E-state index contributed by atoms with van der Waals surface area (Å²) >= 11 is 0. The molecule has 0 aliphatic rings. The van der Waals surface area contributed by atoms with Gasteiger partial charge in [-0.3, -0.25) is 10.5 Å². The monoisotopic (exact) mass is 188 g/mol. The Labute approximate surface area is 79.4 Å². The van der Waals surface area contributed by atoms with E-state index in [4.69, 9.17) is 15.2 Å². The molecule has 0 spiro atoms. The largest absolute Gasteiger partial charge is 0.352 e. The molecule has 1 N–H and O–H groups in total. The van der Waals surface area contributed by atoms with Crippen molar-refractivity contribution in [3.63, 3.8) is 0 Å². The normalized spacial score (nSPS) is 12.8. The van der Waals surface area contributed by atoms with Gasteiger partial charge < -0.3 is 9.47 Å². The van der Waals surface area contributed by atoms with E-state index in [1.54, 1.807) is 0 Å². The van der Waals surface area contributed by atoms with Crippen molar-refractivity contribution in [1.82, 2.24) is 5.73 Å². The molecule has 0 heterocycles. The Kier molecular flexibility index (Phi) is 7.63. The Morgan fingerprint density at radius 2 is 2.08 bits per heavy atom. The molecule has 0 aromatic rings. The maximum Gasteiger partial charge on any atom is 0.243 e. The highest BCUT2D eigenvalue weighted by Gasteiger charge is 2.11. The zero-order chi connectivity index (χ0) is 10.1. The van der Waals surface area contributed by atoms with Gasteiger partial charge in [-0.2, -0.15) is 0 Å². The number of rotatable bonds is 8. The molecule has 0 fully saturated rings. The molecule has 0 aliphatic carbocycles. The molecule has 0 aromatic heterocycles. The van der Waals surface area contributed by atoms with Gasteiger partial charge in [-0.15, -0.1) is 0 Å². The fourth-order valence-electron chi connectivity index (χ4n) is 0.862. The Morgan fingerprint density at radius 3 is 2.54 bits per heavy atom. The van der Waals surface area contributed by atoms with Crippen molar-refractivity contribution >= 4 is 5.91 Å². The maximum absolute atomic E-state index is 10.5. The molecular formula is C9H18NO3. The molecule has 1 unspecified atom stereocenters. The molecule has 13 heavy (non-hydrogen) atoms. The Hall–Kier alpha value is -0.610. The van der Waals surface area contributed by atoms with Gasteiger partial charge in [-0.1, -0.05) is 13.3 Å². The molecule has 4 heteroatoms. The van der Waals surface area contributed by atoms with Gasteiger partial charge in [0.2, 0.25) is 5.91 Å². The molecule has 4 nitrogen and oxygen atoms in total. The summed E-state index contributed by atoms with van der Waals surface area (Å²) in [6.07, 6.45) is 1.50. The summed E-state index contributed by atoms with van der Waals surface area (Å²) in [7, 11) is 0. The average Bonchev–Trinajstić information content (AvgIpc) is 2.04. The lowest BCUT2D eigenvalue weighted by molar-refractivity contribution is -0.154. The molecule has 0 aromatic carbocycles. The van der Waals surface area contributed by atoms with Crippen molar-refractivity contribution in [2.24, 2.45) is 0 Å². The lowest BCUT2D eigenvalue weighted by Gasteiger charge is -2.15. The zero-order valence-corrected chi connectivity index (χ0v) is 8.34. The van der Waals surface area contributed by atoms with E-state index in [1.807, 2.05) is 6.92 Å². The van der Waals surface area contributed by atoms with Crippen molar-refractivity contribution in [3.05, 3.63) is 0 Å². The van der Waals surface area contributed by atoms with Crippen LogP contribution in [0.2, 0.25) is 0 Å². The summed E-state index contributed by atoms with van der Waals surface area (Å²) in [6, 6.07) is 0. The minimum absolute atomic E-state index is 0.0254. The van der Waals surface area contributed by atoms with E-state index in [0.29, 0.717) is 13.2 Å². The van der Waals surface area contributed by atoms with Crippen LogP contribution in [0.5, 0.6) is 0 Å². The highest BCUT2D eigenvalue weighted by molar-refractivity contribution is 5.73. The van der Waals surface area contributed by atoms with Gasteiger partial charge >= 0.3 is 0 Å². The van der Waals surface area contributed by atoms with Crippen LogP contribution in [0, 0.1) is 0 Å². The molecule has 0 rings (SSSR count). The van der Waals surface area contributed by atoms with Crippen LogP contribution < -0.4 is 5.73 Å². The van der Waals surface area contributed by atoms with E-state index in [-0.39, 0.29) is 6.42 Å². The number of nitrogens with one attached hydrogen (secondary N) is 1. The van der Waals surface area contributed by atoms with Gasteiger partial charge in [0.05, 0.1) is 6.42 Å². The standard InChI is InChI=1S/C9H18NO3/c1-3-5-6-13-9(12-4-2)7-8(10)11/h9-10H,3-7H2,1-2H3. The first-order valence-corrected chi connectivity index (χ1v) is 4.68. The topological polar surface area (TPSA) is 59.3 Å². The average molecular weight is 188 g/mol. The summed E-state index contributed by atoms with van der Waals surface area (Å²) in [5, 5.41) is 0. The third kappa shape index (κ3) is 7.74. The van der Waals surface area contributed by atoms with E-state index in [9.17, 15) is 4.79 Å². The third-order valence-corrected chi connectivity index (χ3v) is 1.51. The first-order valence-electron chi connectivity index (χ1n) is 4.68. The van der Waals surface area contributed by atoms with Crippen LogP contribution in [0.1, 0.15) is 33.1 Å². The smallest absolute Gasteiger partial charge is 0.243 e. The predicted octanol–water partition coefficient (Wildman–Crippen LogP) is 1.37. The molecule has 0 saturated heterocycles. The quantitative estimate of drug-likeness (QED) is 0.427. The van der Waals surface area contributed by atoms with Gasteiger partial charge in [-0.05, 0) is 13.3 Å². The van der Waals surface area contributed by atoms with Crippen molar-refractivity contribution in [2.45, 2.75) is 39.4 Å². The van der Waals surface area contributed by atoms with Gasteiger partial charge in [0.15, 0.2) is 6.29 Å². The first kappa shape index (κ1) is 12.4. The molecule has 0 aliphatic heterocycles. The Morgan fingerprint density at radius 1 is 1.38 bits per heavy atom. The minimum atomic E-state index is -0.644. The summed E-state index contributed by atoms with van der Waals surface area (Å²) in [5.41, 5.74) is 6.77.